The Morgan fingerprint density at radius 3 is 2.38 bits per heavy atom. The molecule has 1 saturated heterocycles. The Morgan fingerprint density at radius 1 is 1.04 bits per heavy atom. The minimum absolute atomic E-state index is 0.179. The van der Waals surface area contributed by atoms with Crippen LogP contribution in [0.15, 0.2) is 45.5 Å². The van der Waals surface area contributed by atoms with E-state index in [4.69, 9.17) is 4.42 Å². The number of hydrogen-bond donors (Lipinski definition) is 1. The van der Waals surface area contributed by atoms with Crippen molar-refractivity contribution in [3.05, 3.63) is 52.4 Å². The smallest absolute Gasteiger partial charge is 0.287 e. The maximum absolute atomic E-state index is 11.9. The number of rotatable bonds is 5. The summed E-state index contributed by atoms with van der Waals surface area (Å²) in [6.07, 6.45) is 6.09. The fourth-order valence-corrected chi connectivity index (χ4v) is 3.35. The van der Waals surface area contributed by atoms with Gasteiger partial charge in [-0.2, -0.15) is 0 Å². The molecule has 0 unspecified atom stereocenters. The Balaban J connectivity index is 1.48. The minimum Gasteiger partial charge on any atom is -0.444 e. The number of nitrogens with one attached hydrogen (secondary N) is 1. The number of benzene rings is 1. The van der Waals surface area contributed by atoms with E-state index in [2.05, 4.69) is 50.4 Å². The molecule has 0 atom stereocenters. The zero-order valence-electron chi connectivity index (χ0n) is 13.8. The molecule has 24 heavy (non-hydrogen) atoms. The molecule has 0 spiro atoms. The summed E-state index contributed by atoms with van der Waals surface area (Å²) in [6.45, 7) is 2.92. The first kappa shape index (κ1) is 17.1. The average Bonchev–Trinajstić information content (AvgIpc) is 2.86. The lowest BCUT2D eigenvalue weighted by Crippen LogP contribution is -2.25. The molecule has 1 fully saturated rings. The zero-order valence-corrected chi connectivity index (χ0v) is 15.3. The lowest BCUT2D eigenvalue weighted by molar-refractivity contribution is 0.0925. The molecule has 1 amide bonds. The van der Waals surface area contributed by atoms with Crippen LogP contribution in [0.5, 0.6) is 0 Å². The van der Waals surface area contributed by atoms with Crippen LogP contribution in [0.25, 0.3) is 0 Å². The first-order valence-corrected chi connectivity index (χ1v) is 9.39. The van der Waals surface area contributed by atoms with Gasteiger partial charge in [0.25, 0.3) is 5.91 Å². The van der Waals surface area contributed by atoms with Crippen molar-refractivity contribution in [3.63, 3.8) is 0 Å². The van der Waals surface area contributed by atoms with Gasteiger partial charge in [0.05, 0.1) is 0 Å². The molecule has 0 aliphatic carbocycles. The first-order valence-electron chi connectivity index (χ1n) is 8.60. The molecule has 0 saturated carbocycles. The predicted octanol–water partition coefficient (Wildman–Crippen LogP) is 4.40. The number of anilines is 1. The molecule has 3 rings (SSSR count). The van der Waals surface area contributed by atoms with E-state index in [0.29, 0.717) is 17.0 Å². The Labute approximate surface area is 151 Å². The molecule has 1 aliphatic heterocycles. The van der Waals surface area contributed by atoms with Gasteiger partial charge in [0, 0.05) is 25.3 Å². The monoisotopic (exact) mass is 390 g/mol. The lowest BCUT2D eigenvalue weighted by atomic mass is 10.1. The molecule has 1 aromatic carbocycles. The first-order chi connectivity index (χ1) is 11.7. The zero-order chi connectivity index (χ0) is 16.8. The summed E-state index contributed by atoms with van der Waals surface area (Å²) in [6, 6.07) is 12.1. The second-order valence-corrected chi connectivity index (χ2v) is 6.96. The van der Waals surface area contributed by atoms with Gasteiger partial charge < -0.3 is 14.6 Å². The molecule has 1 N–H and O–H groups in total. The standard InChI is InChI=1S/C19H23BrN2O2/c20-18-10-9-17(24-18)19(23)21-12-11-15-5-7-16(8-6-15)22-13-3-1-2-4-14-22/h5-10H,1-4,11-14H2,(H,21,23). The molecule has 2 aromatic rings. The third-order valence-electron chi connectivity index (χ3n) is 4.40. The molecule has 128 valence electrons. The third kappa shape index (κ3) is 4.63. The van der Waals surface area contributed by atoms with Gasteiger partial charge in [-0.15, -0.1) is 0 Å². The molecule has 4 nitrogen and oxygen atoms in total. The second-order valence-electron chi connectivity index (χ2n) is 6.18. The third-order valence-corrected chi connectivity index (χ3v) is 4.83. The maximum Gasteiger partial charge on any atom is 0.287 e. The van der Waals surface area contributed by atoms with Crippen molar-refractivity contribution in [2.24, 2.45) is 0 Å². The van der Waals surface area contributed by atoms with Gasteiger partial charge >= 0.3 is 0 Å². The number of halogens is 1. The van der Waals surface area contributed by atoms with Crippen molar-refractivity contribution in [1.29, 1.82) is 0 Å². The highest BCUT2D eigenvalue weighted by molar-refractivity contribution is 9.10. The van der Waals surface area contributed by atoms with Crippen LogP contribution in [0.4, 0.5) is 5.69 Å². The van der Waals surface area contributed by atoms with Gasteiger partial charge in [-0.05, 0) is 65.0 Å². The normalized spacial score (nSPS) is 15.1. The Hall–Kier alpha value is -1.75. The summed E-state index contributed by atoms with van der Waals surface area (Å²) in [5.74, 6) is 0.153. The van der Waals surface area contributed by atoms with Crippen LogP contribution < -0.4 is 10.2 Å². The minimum atomic E-state index is -0.179. The number of carbonyl (C=O) groups is 1. The van der Waals surface area contributed by atoms with E-state index in [0.717, 1.165) is 19.5 Å². The Kier molecular flexibility index (Phi) is 5.96. The highest BCUT2D eigenvalue weighted by atomic mass is 79.9. The van der Waals surface area contributed by atoms with Crippen LogP contribution in [-0.4, -0.2) is 25.5 Å². The highest BCUT2D eigenvalue weighted by Crippen LogP contribution is 2.20. The fourth-order valence-electron chi connectivity index (χ4n) is 3.05. The molecule has 5 heteroatoms. The van der Waals surface area contributed by atoms with Gasteiger partial charge in [0.1, 0.15) is 0 Å². The van der Waals surface area contributed by atoms with E-state index in [1.165, 1.54) is 36.9 Å². The van der Waals surface area contributed by atoms with Crippen LogP contribution in [0.3, 0.4) is 0 Å². The van der Waals surface area contributed by atoms with E-state index in [1.807, 2.05) is 0 Å². The second kappa shape index (κ2) is 8.38. The summed E-state index contributed by atoms with van der Waals surface area (Å²) in [7, 11) is 0. The molecule has 2 heterocycles. The number of amides is 1. The van der Waals surface area contributed by atoms with E-state index in [-0.39, 0.29) is 5.91 Å². The van der Waals surface area contributed by atoms with Crippen LogP contribution in [0.1, 0.15) is 41.8 Å². The Morgan fingerprint density at radius 2 is 1.75 bits per heavy atom. The molecule has 1 aromatic heterocycles. The molecule has 1 aliphatic rings. The van der Waals surface area contributed by atoms with E-state index in [1.54, 1.807) is 12.1 Å². The molecular weight excluding hydrogens is 368 g/mol. The molecule has 0 bridgehead atoms. The SMILES string of the molecule is O=C(NCCc1ccc(N2CCCCCC2)cc1)c1ccc(Br)o1. The van der Waals surface area contributed by atoms with Crippen molar-refractivity contribution in [3.8, 4) is 0 Å². The lowest BCUT2D eigenvalue weighted by Gasteiger charge is -2.22. The number of hydrogen-bond acceptors (Lipinski definition) is 3. The van der Waals surface area contributed by atoms with Crippen LogP contribution >= 0.6 is 15.9 Å². The van der Waals surface area contributed by atoms with Crippen LogP contribution in [-0.2, 0) is 6.42 Å². The molecule has 0 radical (unpaired) electrons. The maximum atomic E-state index is 11.9. The number of furan rings is 1. The van der Waals surface area contributed by atoms with Gasteiger partial charge in [0.15, 0.2) is 10.4 Å². The van der Waals surface area contributed by atoms with Gasteiger partial charge in [-0.1, -0.05) is 25.0 Å². The van der Waals surface area contributed by atoms with E-state index in [9.17, 15) is 4.79 Å². The Bertz CT molecular complexity index is 658. The number of nitrogens with zero attached hydrogens (tertiary/aromatic N) is 1. The quantitative estimate of drug-likeness (QED) is 0.822. The van der Waals surface area contributed by atoms with Crippen molar-refractivity contribution in [2.75, 3.05) is 24.5 Å². The summed E-state index contributed by atoms with van der Waals surface area (Å²) in [4.78, 5) is 14.4. The topological polar surface area (TPSA) is 45.5 Å². The summed E-state index contributed by atoms with van der Waals surface area (Å²) in [5.41, 5.74) is 2.54. The van der Waals surface area contributed by atoms with Crippen LogP contribution in [0.2, 0.25) is 0 Å². The summed E-state index contributed by atoms with van der Waals surface area (Å²) >= 11 is 3.20. The van der Waals surface area contributed by atoms with E-state index >= 15 is 0 Å². The van der Waals surface area contributed by atoms with Gasteiger partial charge in [-0.3, -0.25) is 4.79 Å². The summed E-state index contributed by atoms with van der Waals surface area (Å²) in [5, 5.41) is 2.88. The summed E-state index contributed by atoms with van der Waals surface area (Å²) < 4.78 is 5.81. The largest absolute Gasteiger partial charge is 0.444 e. The predicted molar refractivity (Wildman–Crippen MR) is 99.6 cm³/mol. The van der Waals surface area contributed by atoms with Gasteiger partial charge in [-0.25, -0.2) is 0 Å². The molecular formula is C19H23BrN2O2. The van der Waals surface area contributed by atoms with Crippen molar-refractivity contribution in [1.82, 2.24) is 5.32 Å². The van der Waals surface area contributed by atoms with Crippen LogP contribution in [0, 0.1) is 0 Å². The average molecular weight is 391 g/mol. The van der Waals surface area contributed by atoms with Crippen molar-refractivity contribution >= 4 is 27.5 Å². The fraction of sp³-hybridized carbons (Fsp3) is 0.421. The number of carbonyl (C=O) groups excluding carboxylic acids is 1. The van der Waals surface area contributed by atoms with E-state index < -0.39 is 0 Å². The van der Waals surface area contributed by atoms with Gasteiger partial charge in [0.2, 0.25) is 0 Å². The van der Waals surface area contributed by atoms with Crippen molar-refractivity contribution < 1.29 is 9.21 Å². The highest BCUT2D eigenvalue weighted by Gasteiger charge is 2.11. The van der Waals surface area contributed by atoms with Crippen molar-refractivity contribution in [2.45, 2.75) is 32.1 Å².